The predicted molar refractivity (Wildman–Crippen MR) is 157 cm³/mol. The number of carbonyl (C=O) groups is 4. The van der Waals surface area contributed by atoms with Gasteiger partial charge in [0.1, 0.15) is 12.7 Å². The van der Waals surface area contributed by atoms with Gasteiger partial charge in [-0.15, -0.1) is 0 Å². The van der Waals surface area contributed by atoms with Crippen molar-refractivity contribution in [1.29, 1.82) is 0 Å². The zero-order valence-electron chi connectivity index (χ0n) is 22.7. The second-order valence-corrected chi connectivity index (χ2v) is 10.2. The van der Waals surface area contributed by atoms with Gasteiger partial charge in [-0.05, 0) is 60.2 Å². The molecule has 1 aromatic heterocycles. The van der Waals surface area contributed by atoms with E-state index in [0.29, 0.717) is 23.7 Å². The van der Waals surface area contributed by atoms with E-state index in [1.807, 2.05) is 6.92 Å². The Morgan fingerprint density at radius 2 is 1.93 bits per heavy atom. The summed E-state index contributed by atoms with van der Waals surface area (Å²) in [6, 6.07) is 11.5. The van der Waals surface area contributed by atoms with Crippen molar-refractivity contribution in [3.63, 3.8) is 0 Å². The number of nitro groups is 1. The number of esters is 1. The first-order valence-corrected chi connectivity index (χ1v) is 13.8. The number of ether oxygens (including phenoxy) is 3. The summed E-state index contributed by atoms with van der Waals surface area (Å²) >= 11 is 6.75. The van der Waals surface area contributed by atoms with Crippen molar-refractivity contribution in [3.8, 4) is 17.4 Å². The molecule has 0 spiro atoms. The summed E-state index contributed by atoms with van der Waals surface area (Å²) < 4.78 is 16.1. The highest BCUT2D eigenvalue weighted by Gasteiger charge is 2.36. The maximum Gasteiger partial charge on any atom is 0.339 e. The number of nitrogens with zero attached hydrogens (tertiary/aromatic N) is 3. The summed E-state index contributed by atoms with van der Waals surface area (Å²) in [6.07, 6.45) is 3.15. The minimum Gasteiger partial charge on any atom is -0.493 e. The van der Waals surface area contributed by atoms with Crippen molar-refractivity contribution in [2.45, 2.75) is 13.3 Å². The molecule has 1 aliphatic rings. The van der Waals surface area contributed by atoms with Crippen LogP contribution in [0.1, 0.15) is 29.3 Å². The van der Waals surface area contributed by atoms with Crippen molar-refractivity contribution >= 4 is 63.8 Å². The van der Waals surface area contributed by atoms with Crippen LogP contribution in [0, 0.1) is 10.1 Å². The minimum atomic E-state index is -0.667. The van der Waals surface area contributed by atoms with Crippen LogP contribution in [0.15, 0.2) is 59.6 Å². The van der Waals surface area contributed by atoms with Gasteiger partial charge in [-0.3, -0.25) is 29.4 Å². The standard InChI is InChI=1S/C28H23ClN4O9S/c1-3-10-41-27(36)19-13-17(5-7-20(19)29)31-24(34)15-32-26(35)23(43-28(32)37)12-16-4-8-21(22(11-16)40-2)42-25-9-6-18(14-30-25)33(38)39/h4-9,11-14H,3,10,15H2,1-2H3,(H,31,34)/b23-12+. The summed E-state index contributed by atoms with van der Waals surface area (Å²) in [6.45, 7) is 1.50. The first-order chi connectivity index (χ1) is 20.6. The number of amides is 3. The van der Waals surface area contributed by atoms with Gasteiger partial charge in [-0.2, -0.15) is 0 Å². The van der Waals surface area contributed by atoms with Crippen LogP contribution in [0.5, 0.6) is 17.4 Å². The molecule has 222 valence electrons. The number of nitrogens with one attached hydrogen (secondary N) is 1. The van der Waals surface area contributed by atoms with Crippen LogP contribution in [0.4, 0.5) is 16.2 Å². The molecule has 0 bridgehead atoms. The fourth-order valence-electron chi connectivity index (χ4n) is 3.68. The number of methoxy groups -OCH3 is 1. The Kier molecular flexibility index (Phi) is 9.95. The third kappa shape index (κ3) is 7.67. The first kappa shape index (κ1) is 31.0. The van der Waals surface area contributed by atoms with Gasteiger partial charge in [-0.1, -0.05) is 24.6 Å². The predicted octanol–water partition coefficient (Wildman–Crippen LogP) is 5.69. The molecule has 3 amide bonds. The summed E-state index contributed by atoms with van der Waals surface area (Å²) in [5.74, 6) is -1.34. The Morgan fingerprint density at radius 1 is 1.14 bits per heavy atom. The van der Waals surface area contributed by atoms with Crippen LogP contribution in [0.3, 0.4) is 0 Å². The van der Waals surface area contributed by atoms with E-state index in [9.17, 15) is 29.3 Å². The van der Waals surface area contributed by atoms with Gasteiger partial charge in [0.2, 0.25) is 11.8 Å². The maximum atomic E-state index is 13.0. The number of benzene rings is 2. The van der Waals surface area contributed by atoms with Crippen molar-refractivity contribution < 1.29 is 38.3 Å². The number of thioether (sulfide) groups is 1. The van der Waals surface area contributed by atoms with Gasteiger partial charge in [0.05, 0.1) is 34.1 Å². The molecule has 0 radical (unpaired) electrons. The number of hydrogen-bond donors (Lipinski definition) is 1. The molecule has 2 aromatic carbocycles. The molecular weight excluding hydrogens is 604 g/mol. The second kappa shape index (κ2) is 13.8. The zero-order chi connectivity index (χ0) is 31.1. The normalized spacial score (nSPS) is 13.7. The number of hydrogen-bond acceptors (Lipinski definition) is 11. The van der Waals surface area contributed by atoms with E-state index in [1.165, 1.54) is 43.5 Å². The number of pyridine rings is 1. The lowest BCUT2D eigenvalue weighted by Gasteiger charge is -2.13. The Hall–Kier alpha value is -4.95. The zero-order valence-corrected chi connectivity index (χ0v) is 24.3. The summed E-state index contributed by atoms with van der Waals surface area (Å²) in [4.78, 5) is 65.5. The van der Waals surface area contributed by atoms with Crippen LogP contribution in [-0.2, 0) is 14.3 Å². The van der Waals surface area contributed by atoms with Gasteiger partial charge < -0.3 is 19.5 Å². The van der Waals surface area contributed by atoms with Crippen LogP contribution in [0.2, 0.25) is 5.02 Å². The highest BCUT2D eigenvalue weighted by atomic mass is 35.5. The highest BCUT2D eigenvalue weighted by molar-refractivity contribution is 8.18. The Balaban J connectivity index is 1.43. The Bertz CT molecular complexity index is 1630. The highest BCUT2D eigenvalue weighted by Crippen LogP contribution is 2.36. The lowest BCUT2D eigenvalue weighted by atomic mass is 10.2. The number of anilines is 1. The SMILES string of the molecule is CCCOC(=O)c1cc(NC(=O)CN2C(=O)S/C(=C/c3ccc(Oc4ccc([N+](=O)[O-])cn4)c(OC)c3)C2=O)ccc1Cl. The molecule has 0 atom stereocenters. The number of aromatic nitrogens is 1. The van der Waals surface area contributed by atoms with E-state index in [1.54, 1.807) is 18.2 Å². The van der Waals surface area contributed by atoms with Gasteiger partial charge in [-0.25, -0.2) is 9.78 Å². The quantitative estimate of drug-likeness (QED) is 0.120. The fraction of sp³-hybridized carbons (Fsp3) is 0.179. The first-order valence-electron chi connectivity index (χ1n) is 12.6. The number of halogens is 1. The molecule has 1 fully saturated rings. The van der Waals surface area contributed by atoms with Crippen LogP contribution in [0.25, 0.3) is 6.08 Å². The molecule has 1 N–H and O–H groups in total. The molecule has 0 aliphatic carbocycles. The second-order valence-electron chi connectivity index (χ2n) is 8.77. The molecule has 13 nitrogen and oxygen atoms in total. The Morgan fingerprint density at radius 3 is 2.60 bits per heavy atom. The molecule has 3 aromatic rings. The minimum absolute atomic E-state index is 0.0675. The van der Waals surface area contributed by atoms with Crippen LogP contribution < -0.4 is 14.8 Å². The average molecular weight is 627 g/mol. The monoisotopic (exact) mass is 626 g/mol. The van der Waals surface area contributed by atoms with Gasteiger partial charge >= 0.3 is 5.97 Å². The van der Waals surface area contributed by atoms with Gasteiger partial charge in [0, 0.05) is 17.8 Å². The van der Waals surface area contributed by atoms with Gasteiger partial charge in [0.25, 0.3) is 16.8 Å². The number of imide groups is 1. The molecule has 43 heavy (non-hydrogen) atoms. The van der Waals surface area contributed by atoms with E-state index < -0.39 is 34.5 Å². The topological polar surface area (TPSA) is 167 Å². The van der Waals surface area contributed by atoms with E-state index in [0.717, 1.165) is 11.1 Å². The molecule has 1 aliphatic heterocycles. The lowest BCUT2D eigenvalue weighted by molar-refractivity contribution is -0.385. The molecule has 1 saturated heterocycles. The molecule has 0 saturated carbocycles. The molecular formula is C28H23ClN4O9S. The van der Waals surface area contributed by atoms with Crippen molar-refractivity contribution in [2.24, 2.45) is 0 Å². The number of carbonyl (C=O) groups excluding carboxylic acids is 4. The largest absolute Gasteiger partial charge is 0.493 e. The number of rotatable bonds is 11. The summed E-state index contributed by atoms with van der Waals surface area (Å²) in [7, 11) is 1.40. The third-order valence-electron chi connectivity index (χ3n) is 5.71. The van der Waals surface area contributed by atoms with Crippen LogP contribution in [-0.4, -0.2) is 58.1 Å². The molecule has 15 heteroatoms. The fourth-order valence-corrected chi connectivity index (χ4v) is 4.71. The molecule has 0 unspecified atom stereocenters. The molecule has 2 heterocycles. The van der Waals surface area contributed by atoms with E-state index in [-0.39, 0.29) is 50.9 Å². The van der Waals surface area contributed by atoms with Crippen LogP contribution >= 0.6 is 23.4 Å². The third-order valence-corrected chi connectivity index (χ3v) is 6.95. The molecule has 4 rings (SSSR count). The van der Waals surface area contributed by atoms with E-state index >= 15 is 0 Å². The van der Waals surface area contributed by atoms with Crippen molar-refractivity contribution in [3.05, 3.63) is 85.9 Å². The summed E-state index contributed by atoms with van der Waals surface area (Å²) in [5.41, 5.74) is 0.612. The lowest BCUT2D eigenvalue weighted by Crippen LogP contribution is -2.36. The van der Waals surface area contributed by atoms with Crippen molar-refractivity contribution in [1.82, 2.24) is 9.88 Å². The summed E-state index contributed by atoms with van der Waals surface area (Å²) in [5, 5.41) is 12.9. The van der Waals surface area contributed by atoms with Gasteiger partial charge in [0.15, 0.2) is 11.5 Å². The average Bonchev–Trinajstić information content (AvgIpc) is 3.24. The van der Waals surface area contributed by atoms with E-state index in [4.69, 9.17) is 25.8 Å². The Labute approximate surface area is 253 Å². The smallest absolute Gasteiger partial charge is 0.339 e. The van der Waals surface area contributed by atoms with E-state index in [2.05, 4.69) is 10.3 Å². The maximum absolute atomic E-state index is 13.0. The van der Waals surface area contributed by atoms with Crippen molar-refractivity contribution in [2.75, 3.05) is 25.6 Å².